The van der Waals surface area contributed by atoms with Gasteiger partial charge >= 0.3 is 12.1 Å². The number of aromatic amines is 1. The van der Waals surface area contributed by atoms with Crippen LogP contribution in [0.1, 0.15) is 37.3 Å². The lowest BCUT2D eigenvalue weighted by Crippen LogP contribution is -2.62. The van der Waals surface area contributed by atoms with Crippen molar-refractivity contribution in [3.8, 4) is 0 Å². The predicted molar refractivity (Wildman–Crippen MR) is 135 cm³/mol. The summed E-state index contributed by atoms with van der Waals surface area (Å²) in [7, 11) is 1.96. The largest absolute Gasteiger partial charge is 0.471 e. The first kappa shape index (κ1) is 26.4. The Morgan fingerprint density at radius 3 is 2.66 bits per heavy atom. The van der Waals surface area contributed by atoms with Gasteiger partial charge in [-0.1, -0.05) is 11.6 Å². The maximum Gasteiger partial charge on any atom is 0.471 e. The van der Waals surface area contributed by atoms with E-state index in [0.29, 0.717) is 28.4 Å². The summed E-state index contributed by atoms with van der Waals surface area (Å²) >= 11 is 7.25. The summed E-state index contributed by atoms with van der Waals surface area (Å²) in [5.74, 6) is -3.04. The van der Waals surface area contributed by atoms with Gasteiger partial charge in [-0.05, 0) is 37.7 Å². The lowest BCUT2D eigenvalue weighted by atomic mass is 9.98. The van der Waals surface area contributed by atoms with E-state index in [9.17, 15) is 27.6 Å². The van der Waals surface area contributed by atoms with Crippen molar-refractivity contribution in [2.75, 3.05) is 26.7 Å². The van der Waals surface area contributed by atoms with Gasteiger partial charge < -0.3 is 25.4 Å². The Labute approximate surface area is 224 Å². The fraction of sp³-hybridized carbons (Fsp3) is 0.417. The number of carbonyl (C=O) groups excluding carboxylic acids is 3. The summed E-state index contributed by atoms with van der Waals surface area (Å²) in [6.07, 6.45) is -4.33. The second-order valence-corrected chi connectivity index (χ2v) is 11.0. The van der Waals surface area contributed by atoms with Crippen LogP contribution >= 0.6 is 22.9 Å². The van der Waals surface area contributed by atoms with E-state index in [-0.39, 0.29) is 23.7 Å². The Morgan fingerprint density at radius 2 is 1.89 bits per heavy atom. The number of carbonyl (C=O) groups is 3. The molecule has 4 heterocycles. The average molecular weight is 569 g/mol. The van der Waals surface area contributed by atoms with Crippen LogP contribution < -0.4 is 10.6 Å². The van der Waals surface area contributed by atoms with Crippen molar-refractivity contribution in [3.63, 3.8) is 0 Å². The average Bonchev–Trinajstić information content (AvgIpc) is 3.47. The first-order valence-electron chi connectivity index (χ1n) is 11.9. The molecule has 0 spiro atoms. The van der Waals surface area contributed by atoms with E-state index < -0.39 is 42.5 Å². The molecule has 3 N–H and O–H groups in total. The highest BCUT2D eigenvalue weighted by molar-refractivity contribution is 7.13. The number of piperidine rings is 1. The van der Waals surface area contributed by atoms with Crippen LogP contribution in [0.15, 0.2) is 24.3 Å². The fourth-order valence-corrected chi connectivity index (χ4v) is 6.03. The lowest BCUT2D eigenvalue weighted by molar-refractivity contribution is -0.186. The summed E-state index contributed by atoms with van der Waals surface area (Å²) in [5.41, 5.74) is 1.76. The van der Waals surface area contributed by atoms with Crippen LogP contribution in [0.25, 0.3) is 10.9 Å². The minimum atomic E-state index is -5.04. The number of aromatic nitrogens is 2. The highest BCUT2D eigenvalue weighted by Gasteiger charge is 2.45. The molecule has 1 saturated heterocycles. The fourth-order valence-electron chi connectivity index (χ4n) is 4.76. The molecule has 0 radical (unpaired) electrons. The number of thiazole rings is 1. The standard InChI is InChI=1S/C24H24ClF3N6O3S/c1-33-6-4-16-19(11-33)38-22(32-16)21(36)31-18-10-34(23(37)24(26,27)28)7-5-15(18)30-20(35)17-9-12-8-13(25)2-3-14(12)29-17/h2-3,8-9,15,18,29H,4-7,10-11H2,1H3,(H,30,35)(H,31,36)/t15-,18?/m0/s1. The SMILES string of the molecule is CN1CCc2nc(C(=O)NC3CN(C(=O)C(F)(F)F)CC[C@@H]3NC(=O)c3cc4cc(Cl)ccc4[nH]3)sc2C1. The number of likely N-dealkylation sites (N-methyl/N-ethyl adjacent to an activating group) is 1. The third-order valence-corrected chi connectivity index (χ3v) is 8.04. The number of hydrogen-bond acceptors (Lipinski definition) is 6. The van der Waals surface area contributed by atoms with Crippen LogP contribution in [-0.2, 0) is 17.8 Å². The molecule has 2 atom stereocenters. The van der Waals surface area contributed by atoms with Gasteiger partial charge in [0, 0.05) is 53.4 Å². The third kappa shape index (κ3) is 5.49. The number of nitrogens with zero attached hydrogens (tertiary/aromatic N) is 3. The van der Waals surface area contributed by atoms with Crippen LogP contribution in [0.2, 0.25) is 5.02 Å². The van der Waals surface area contributed by atoms with Gasteiger partial charge in [-0.3, -0.25) is 14.4 Å². The van der Waals surface area contributed by atoms with Crippen molar-refractivity contribution >= 4 is 51.6 Å². The molecule has 0 saturated carbocycles. The second kappa shape index (κ2) is 10.2. The number of fused-ring (bicyclic) bond motifs is 2. The van der Waals surface area contributed by atoms with Gasteiger partial charge in [-0.15, -0.1) is 11.3 Å². The summed E-state index contributed by atoms with van der Waals surface area (Å²) in [4.78, 5) is 49.2. The Morgan fingerprint density at radius 1 is 1.13 bits per heavy atom. The molecule has 3 aromatic rings. The molecular formula is C24H24ClF3N6O3S. The number of likely N-dealkylation sites (tertiary alicyclic amines) is 1. The summed E-state index contributed by atoms with van der Waals surface area (Å²) < 4.78 is 39.4. The maximum absolute atomic E-state index is 13.1. The number of rotatable bonds is 4. The van der Waals surface area contributed by atoms with E-state index in [1.165, 1.54) is 11.3 Å². The number of benzene rings is 1. The highest BCUT2D eigenvalue weighted by Crippen LogP contribution is 2.26. The summed E-state index contributed by atoms with van der Waals surface area (Å²) in [5, 5.41) is 6.95. The van der Waals surface area contributed by atoms with Gasteiger partial charge in [0.15, 0.2) is 5.01 Å². The van der Waals surface area contributed by atoms with Crippen molar-refractivity contribution < 1.29 is 27.6 Å². The van der Waals surface area contributed by atoms with E-state index in [1.54, 1.807) is 24.3 Å². The number of H-pyrrole nitrogens is 1. The topological polar surface area (TPSA) is 110 Å². The number of hydrogen-bond donors (Lipinski definition) is 3. The van der Waals surface area contributed by atoms with Crippen LogP contribution in [-0.4, -0.2) is 82.4 Å². The van der Waals surface area contributed by atoms with Gasteiger partial charge in [0.05, 0.1) is 17.8 Å². The van der Waals surface area contributed by atoms with Crippen molar-refractivity contribution in [3.05, 3.63) is 50.6 Å². The molecule has 38 heavy (non-hydrogen) atoms. The molecule has 2 aromatic heterocycles. The van der Waals surface area contributed by atoms with Gasteiger partial charge in [0.2, 0.25) is 0 Å². The van der Waals surface area contributed by atoms with Crippen LogP contribution in [0.3, 0.4) is 0 Å². The molecule has 2 aliphatic heterocycles. The Bertz CT molecular complexity index is 1410. The van der Waals surface area contributed by atoms with E-state index in [2.05, 4.69) is 25.5 Å². The Balaban J connectivity index is 1.35. The Kier molecular flexibility index (Phi) is 7.09. The minimum Gasteiger partial charge on any atom is -0.351 e. The van der Waals surface area contributed by atoms with Crippen molar-refractivity contribution in [1.82, 2.24) is 30.4 Å². The molecule has 1 fully saturated rings. The molecule has 2 aliphatic rings. The maximum atomic E-state index is 13.1. The number of nitrogens with one attached hydrogen (secondary N) is 3. The Hall–Kier alpha value is -3.16. The first-order valence-corrected chi connectivity index (χ1v) is 13.1. The van der Waals surface area contributed by atoms with Crippen molar-refractivity contribution in [2.24, 2.45) is 0 Å². The molecule has 0 aliphatic carbocycles. The molecule has 5 rings (SSSR count). The molecule has 9 nitrogen and oxygen atoms in total. The van der Waals surface area contributed by atoms with Crippen molar-refractivity contribution in [2.45, 2.75) is 37.6 Å². The zero-order valence-electron chi connectivity index (χ0n) is 20.2. The van der Waals surface area contributed by atoms with E-state index in [1.807, 2.05) is 7.05 Å². The van der Waals surface area contributed by atoms with Gasteiger partial charge in [0.25, 0.3) is 11.8 Å². The zero-order chi connectivity index (χ0) is 27.2. The molecule has 202 valence electrons. The smallest absolute Gasteiger partial charge is 0.351 e. The molecular weight excluding hydrogens is 545 g/mol. The van der Waals surface area contributed by atoms with Crippen molar-refractivity contribution in [1.29, 1.82) is 0 Å². The monoisotopic (exact) mass is 568 g/mol. The van der Waals surface area contributed by atoms with Gasteiger partial charge in [-0.25, -0.2) is 4.98 Å². The molecule has 0 bridgehead atoms. The van der Waals surface area contributed by atoms with Gasteiger partial charge in [0.1, 0.15) is 5.69 Å². The van der Waals surface area contributed by atoms with E-state index in [0.717, 1.165) is 22.5 Å². The lowest BCUT2D eigenvalue weighted by Gasteiger charge is -2.39. The summed E-state index contributed by atoms with van der Waals surface area (Å²) in [6, 6.07) is 5.02. The highest BCUT2D eigenvalue weighted by atomic mass is 35.5. The van der Waals surface area contributed by atoms with Crippen LogP contribution in [0.4, 0.5) is 13.2 Å². The van der Waals surface area contributed by atoms with Crippen LogP contribution in [0.5, 0.6) is 0 Å². The summed E-state index contributed by atoms with van der Waals surface area (Å²) in [6.45, 7) is 0.829. The van der Waals surface area contributed by atoms with Crippen LogP contribution in [0, 0.1) is 0 Å². The zero-order valence-corrected chi connectivity index (χ0v) is 21.8. The van der Waals surface area contributed by atoms with E-state index in [4.69, 9.17) is 11.6 Å². The molecule has 14 heteroatoms. The predicted octanol–water partition coefficient (Wildman–Crippen LogP) is 2.96. The molecule has 1 unspecified atom stereocenters. The molecule has 1 aromatic carbocycles. The van der Waals surface area contributed by atoms with E-state index >= 15 is 0 Å². The third-order valence-electron chi connectivity index (χ3n) is 6.72. The minimum absolute atomic E-state index is 0.0176. The number of halogens is 4. The number of amides is 3. The second-order valence-electron chi connectivity index (χ2n) is 9.49. The normalized spacial score (nSPS) is 20.3. The molecule has 3 amide bonds. The first-order chi connectivity index (χ1) is 18.0. The van der Waals surface area contributed by atoms with Gasteiger partial charge in [-0.2, -0.15) is 13.2 Å². The quantitative estimate of drug-likeness (QED) is 0.448. The number of alkyl halides is 3.